The molecule has 0 spiro atoms. The van der Waals surface area contributed by atoms with Crippen LogP contribution in [0.2, 0.25) is 0 Å². The first-order valence-corrected chi connectivity index (χ1v) is 9.78. The lowest BCUT2D eigenvalue weighted by molar-refractivity contribution is 0.0714. The smallest absolute Gasteiger partial charge is 0.289 e. The minimum Gasteiger partial charge on any atom is -0.459 e. The molecule has 2 aromatic heterocycles. The molecule has 29 heavy (non-hydrogen) atoms. The van der Waals surface area contributed by atoms with E-state index in [1.54, 1.807) is 17.0 Å². The summed E-state index contributed by atoms with van der Waals surface area (Å²) < 4.78 is 5.23. The Hall–Kier alpha value is -3.35. The van der Waals surface area contributed by atoms with Crippen LogP contribution >= 0.6 is 0 Å². The summed E-state index contributed by atoms with van der Waals surface area (Å²) in [5.41, 5.74) is 4.32. The van der Waals surface area contributed by atoms with Crippen LogP contribution < -0.4 is 10.2 Å². The Balaban J connectivity index is 1.48. The second-order valence-corrected chi connectivity index (χ2v) is 7.34. The van der Waals surface area contributed by atoms with Gasteiger partial charge in [0.05, 0.1) is 6.26 Å². The Morgan fingerprint density at radius 3 is 2.38 bits per heavy atom. The first-order chi connectivity index (χ1) is 14.0. The highest BCUT2D eigenvalue weighted by atomic mass is 16.3. The van der Waals surface area contributed by atoms with Crippen molar-refractivity contribution in [3.63, 3.8) is 0 Å². The summed E-state index contributed by atoms with van der Waals surface area (Å²) in [5.74, 6) is 1.77. The predicted molar refractivity (Wildman–Crippen MR) is 113 cm³/mol. The van der Waals surface area contributed by atoms with Gasteiger partial charge >= 0.3 is 0 Å². The van der Waals surface area contributed by atoms with Crippen LogP contribution in [0.3, 0.4) is 0 Å². The van der Waals surface area contributed by atoms with Gasteiger partial charge in [-0.2, -0.15) is 4.98 Å². The molecule has 1 aromatic carbocycles. The summed E-state index contributed by atoms with van der Waals surface area (Å²) in [5, 5.41) is 3.45. The van der Waals surface area contributed by atoms with E-state index < -0.39 is 0 Å². The van der Waals surface area contributed by atoms with Gasteiger partial charge in [-0.3, -0.25) is 4.79 Å². The maximum Gasteiger partial charge on any atom is 0.289 e. The average molecular weight is 391 g/mol. The first-order valence-electron chi connectivity index (χ1n) is 9.78. The summed E-state index contributed by atoms with van der Waals surface area (Å²) in [6, 6.07) is 11.6. The van der Waals surface area contributed by atoms with Crippen LogP contribution in [-0.4, -0.2) is 47.0 Å². The highest BCUT2D eigenvalue weighted by Gasteiger charge is 2.25. The van der Waals surface area contributed by atoms with E-state index >= 15 is 0 Å². The zero-order chi connectivity index (χ0) is 20.4. The molecule has 1 aliphatic rings. The molecule has 3 heterocycles. The number of nitrogens with zero attached hydrogens (tertiary/aromatic N) is 4. The van der Waals surface area contributed by atoms with Gasteiger partial charge in [-0.1, -0.05) is 18.2 Å². The van der Waals surface area contributed by atoms with Crippen molar-refractivity contribution in [1.29, 1.82) is 0 Å². The van der Waals surface area contributed by atoms with E-state index in [4.69, 9.17) is 9.40 Å². The lowest BCUT2D eigenvalue weighted by atomic mass is 10.1. The van der Waals surface area contributed by atoms with E-state index in [2.05, 4.69) is 47.2 Å². The molecule has 0 unspecified atom stereocenters. The van der Waals surface area contributed by atoms with Gasteiger partial charge in [0.1, 0.15) is 5.82 Å². The summed E-state index contributed by atoms with van der Waals surface area (Å²) in [4.78, 5) is 25.7. The molecule has 7 heteroatoms. The van der Waals surface area contributed by atoms with Crippen molar-refractivity contribution in [1.82, 2.24) is 14.9 Å². The van der Waals surface area contributed by atoms with E-state index in [0.717, 1.165) is 17.2 Å². The van der Waals surface area contributed by atoms with Crippen molar-refractivity contribution < 1.29 is 9.21 Å². The molecule has 1 aliphatic heterocycles. The first kappa shape index (κ1) is 19.0. The molecular formula is C22H25N5O2. The number of hydrogen-bond donors (Lipinski definition) is 1. The molecule has 150 valence electrons. The number of rotatable bonds is 4. The number of furan rings is 1. The van der Waals surface area contributed by atoms with E-state index in [1.807, 2.05) is 13.0 Å². The molecular weight excluding hydrogens is 366 g/mol. The van der Waals surface area contributed by atoms with Gasteiger partial charge in [-0.15, -0.1) is 0 Å². The number of carbonyl (C=O) groups excluding carboxylic acids is 1. The van der Waals surface area contributed by atoms with E-state index in [9.17, 15) is 4.79 Å². The van der Waals surface area contributed by atoms with Crippen molar-refractivity contribution in [2.45, 2.75) is 20.8 Å². The standard InChI is InChI=1S/C22H25N5O2/c1-15-6-4-7-16(2)20(15)24-19-14-17(3)23-22(25-19)27-11-9-26(10-12-27)21(28)18-8-5-13-29-18/h4-8,13-14H,9-12H2,1-3H3,(H,23,24,25). The van der Waals surface area contributed by atoms with Crippen LogP contribution in [-0.2, 0) is 0 Å². The average Bonchev–Trinajstić information content (AvgIpc) is 3.25. The Morgan fingerprint density at radius 2 is 1.72 bits per heavy atom. The highest BCUT2D eigenvalue weighted by molar-refractivity contribution is 5.91. The number of carbonyl (C=O) groups is 1. The molecule has 1 amide bonds. The number of nitrogens with one attached hydrogen (secondary N) is 1. The number of anilines is 3. The molecule has 1 saturated heterocycles. The van der Waals surface area contributed by atoms with Crippen LogP contribution in [0, 0.1) is 20.8 Å². The highest BCUT2D eigenvalue weighted by Crippen LogP contribution is 2.25. The van der Waals surface area contributed by atoms with E-state index in [-0.39, 0.29) is 5.91 Å². The molecule has 3 aromatic rings. The zero-order valence-corrected chi connectivity index (χ0v) is 17.0. The molecule has 0 radical (unpaired) electrons. The predicted octanol–water partition coefficient (Wildman–Crippen LogP) is 3.70. The number of para-hydroxylation sites is 1. The van der Waals surface area contributed by atoms with Gasteiger partial charge in [-0.05, 0) is 44.0 Å². The fraction of sp³-hybridized carbons (Fsp3) is 0.318. The monoisotopic (exact) mass is 391 g/mol. The quantitative estimate of drug-likeness (QED) is 0.731. The largest absolute Gasteiger partial charge is 0.459 e. The van der Waals surface area contributed by atoms with Crippen LogP contribution in [0.1, 0.15) is 27.4 Å². The van der Waals surface area contributed by atoms with Gasteiger partial charge < -0.3 is 19.5 Å². The molecule has 4 rings (SSSR count). The van der Waals surface area contributed by atoms with Gasteiger partial charge in [0.15, 0.2) is 5.76 Å². The second-order valence-electron chi connectivity index (χ2n) is 7.34. The van der Waals surface area contributed by atoms with Gasteiger partial charge in [-0.25, -0.2) is 4.98 Å². The van der Waals surface area contributed by atoms with Gasteiger partial charge in [0, 0.05) is 43.6 Å². The third-order valence-electron chi connectivity index (χ3n) is 5.16. The summed E-state index contributed by atoms with van der Waals surface area (Å²) in [7, 11) is 0. The normalized spacial score (nSPS) is 14.2. The Kier molecular flexibility index (Phi) is 5.20. The fourth-order valence-electron chi connectivity index (χ4n) is 3.56. The maximum absolute atomic E-state index is 12.5. The fourth-order valence-corrected chi connectivity index (χ4v) is 3.56. The van der Waals surface area contributed by atoms with Crippen LogP contribution in [0.4, 0.5) is 17.5 Å². The van der Waals surface area contributed by atoms with Crippen molar-refractivity contribution in [2.75, 3.05) is 36.4 Å². The SMILES string of the molecule is Cc1cc(Nc2c(C)cccc2C)nc(N2CCN(C(=O)c3ccco3)CC2)n1. The molecule has 7 nitrogen and oxygen atoms in total. The number of aromatic nitrogens is 2. The summed E-state index contributed by atoms with van der Waals surface area (Å²) in [6.07, 6.45) is 1.52. The van der Waals surface area contributed by atoms with Crippen molar-refractivity contribution >= 4 is 23.4 Å². The lowest BCUT2D eigenvalue weighted by Gasteiger charge is -2.34. The molecule has 0 atom stereocenters. The van der Waals surface area contributed by atoms with Crippen LogP contribution in [0.15, 0.2) is 47.1 Å². The summed E-state index contributed by atoms with van der Waals surface area (Å²) >= 11 is 0. The second kappa shape index (κ2) is 7.95. The number of amides is 1. The van der Waals surface area contributed by atoms with Crippen LogP contribution in [0.25, 0.3) is 0 Å². The van der Waals surface area contributed by atoms with Crippen molar-refractivity contribution in [3.8, 4) is 0 Å². The molecule has 0 saturated carbocycles. The molecule has 0 aliphatic carbocycles. The molecule has 0 bridgehead atoms. The number of benzene rings is 1. The topological polar surface area (TPSA) is 74.5 Å². The number of aryl methyl sites for hydroxylation is 3. The van der Waals surface area contributed by atoms with E-state index in [1.165, 1.54) is 17.4 Å². The third kappa shape index (κ3) is 4.08. The minimum absolute atomic E-state index is 0.0720. The lowest BCUT2D eigenvalue weighted by Crippen LogP contribution is -2.49. The zero-order valence-electron chi connectivity index (χ0n) is 17.0. The number of hydrogen-bond acceptors (Lipinski definition) is 6. The van der Waals surface area contributed by atoms with Gasteiger partial charge in [0.2, 0.25) is 5.95 Å². The van der Waals surface area contributed by atoms with Crippen molar-refractivity contribution in [2.24, 2.45) is 0 Å². The molecule has 1 N–H and O–H groups in total. The third-order valence-corrected chi connectivity index (χ3v) is 5.16. The number of piperazine rings is 1. The van der Waals surface area contributed by atoms with Gasteiger partial charge in [0.25, 0.3) is 5.91 Å². The molecule has 1 fully saturated rings. The maximum atomic E-state index is 12.5. The Morgan fingerprint density at radius 1 is 1.00 bits per heavy atom. The minimum atomic E-state index is -0.0720. The Bertz CT molecular complexity index is 988. The summed E-state index contributed by atoms with van der Waals surface area (Å²) in [6.45, 7) is 8.71. The van der Waals surface area contributed by atoms with Crippen molar-refractivity contribution in [3.05, 3.63) is 65.2 Å². The van der Waals surface area contributed by atoms with Crippen LogP contribution in [0.5, 0.6) is 0 Å². The Labute approximate surface area is 170 Å². The van der Waals surface area contributed by atoms with E-state index in [0.29, 0.717) is 37.9 Å².